The van der Waals surface area contributed by atoms with Gasteiger partial charge in [0.1, 0.15) is 18.1 Å². The predicted octanol–water partition coefficient (Wildman–Crippen LogP) is -0.249. The van der Waals surface area contributed by atoms with Crippen LogP contribution in [0.5, 0.6) is 0 Å². The Balaban J connectivity index is 3.16. The van der Waals surface area contributed by atoms with Gasteiger partial charge in [-0.25, -0.2) is 4.79 Å². The number of hydrogen-bond donors (Lipinski definition) is 3. The average Bonchev–Trinajstić information content (AvgIpc) is 2.23. The second-order valence-corrected chi connectivity index (χ2v) is 3.83. The smallest absolute Gasteiger partial charge is 0.398 e. The molecule has 0 heterocycles. The van der Waals surface area contributed by atoms with Gasteiger partial charge in [-0.1, -0.05) is 0 Å². The maximum absolute atomic E-state index is 12.7. The van der Waals surface area contributed by atoms with Crippen LogP contribution < -0.4 is 0 Å². The highest BCUT2D eigenvalue weighted by molar-refractivity contribution is 5.89. The summed E-state index contributed by atoms with van der Waals surface area (Å²) in [6.07, 6.45) is -10.4. The topological polar surface area (TPSA) is 87.0 Å². The van der Waals surface area contributed by atoms with Gasteiger partial charge in [-0.05, 0) is 13.0 Å². The van der Waals surface area contributed by atoms with E-state index in [1.54, 1.807) is 0 Å². The molecule has 0 amide bonds. The molecule has 4 atom stereocenters. The number of hydrogen-bond acceptors (Lipinski definition) is 5. The fourth-order valence-electron chi connectivity index (χ4n) is 1.75. The van der Waals surface area contributed by atoms with Crippen LogP contribution in [0.25, 0.3) is 0 Å². The summed E-state index contributed by atoms with van der Waals surface area (Å²) in [4.78, 5) is 11.4. The molecule has 0 spiro atoms. The van der Waals surface area contributed by atoms with E-state index in [1.165, 1.54) is 6.92 Å². The van der Waals surface area contributed by atoms with Gasteiger partial charge in [-0.3, -0.25) is 0 Å². The minimum Gasteiger partial charge on any atom is -0.463 e. The number of rotatable bonds is 2. The average molecular weight is 270 g/mol. The minimum atomic E-state index is -4.93. The van der Waals surface area contributed by atoms with Gasteiger partial charge in [-0.15, -0.1) is 0 Å². The van der Waals surface area contributed by atoms with E-state index in [-0.39, 0.29) is 6.61 Å². The summed E-state index contributed by atoms with van der Waals surface area (Å²) in [6.45, 7) is 1.26. The Morgan fingerprint density at radius 2 is 1.89 bits per heavy atom. The lowest BCUT2D eigenvalue weighted by atomic mass is 9.81. The molecule has 1 rings (SSSR count). The third kappa shape index (κ3) is 2.82. The first-order chi connectivity index (χ1) is 8.20. The Morgan fingerprint density at radius 1 is 1.33 bits per heavy atom. The van der Waals surface area contributed by atoms with E-state index < -0.39 is 41.9 Å². The van der Waals surface area contributed by atoms with Gasteiger partial charge in [-0.2, -0.15) is 13.2 Å². The van der Waals surface area contributed by atoms with E-state index in [0.29, 0.717) is 6.08 Å². The fourth-order valence-corrected chi connectivity index (χ4v) is 1.75. The Labute approximate surface area is 100 Å². The molecule has 0 saturated heterocycles. The van der Waals surface area contributed by atoms with Crippen molar-refractivity contribution in [3.63, 3.8) is 0 Å². The molecule has 104 valence electrons. The lowest BCUT2D eigenvalue weighted by Gasteiger charge is -2.35. The Bertz CT molecular complexity index is 352. The number of alkyl halides is 3. The first kappa shape index (κ1) is 14.9. The van der Waals surface area contributed by atoms with Crippen LogP contribution in [0.15, 0.2) is 11.6 Å². The second kappa shape index (κ2) is 5.25. The lowest BCUT2D eigenvalue weighted by molar-refractivity contribution is -0.213. The zero-order valence-corrected chi connectivity index (χ0v) is 9.39. The highest BCUT2D eigenvalue weighted by atomic mass is 19.4. The molecule has 0 saturated carbocycles. The molecule has 0 aliphatic heterocycles. The van der Waals surface area contributed by atoms with Crippen LogP contribution in [0.1, 0.15) is 6.92 Å². The third-order valence-corrected chi connectivity index (χ3v) is 2.59. The molecule has 8 heteroatoms. The van der Waals surface area contributed by atoms with Gasteiger partial charge < -0.3 is 20.1 Å². The number of carbonyl (C=O) groups excluding carboxylic acids is 1. The van der Waals surface area contributed by atoms with E-state index in [9.17, 15) is 33.3 Å². The monoisotopic (exact) mass is 270 g/mol. The number of aliphatic hydroxyl groups is 3. The molecular weight excluding hydrogens is 257 g/mol. The summed E-state index contributed by atoms with van der Waals surface area (Å²) in [6, 6.07) is 0. The van der Waals surface area contributed by atoms with Gasteiger partial charge >= 0.3 is 12.1 Å². The molecular formula is C10H13F3O5. The van der Waals surface area contributed by atoms with Crippen LogP contribution in [-0.2, 0) is 9.53 Å². The van der Waals surface area contributed by atoms with Gasteiger partial charge in [0.25, 0.3) is 0 Å². The van der Waals surface area contributed by atoms with E-state index in [2.05, 4.69) is 4.74 Å². The molecule has 0 radical (unpaired) electrons. The first-order valence-electron chi connectivity index (χ1n) is 5.19. The van der Waals surface area contributed by atoms with E-state index >= 15 is 0 Å². The van der Waals surface area contributed by atoms with Crippen molar-refractivity contribution in [2.45, 2.75) is 31.4 Å². The highest BCUT2D eigenvalue weighted by Crippen LogP contribution is 2.39. The van der Waals surface area contributed by atoms with Crippen molar-refractivity contribution < 1.29 is 38.0 Å². The van der Waals surface area contributed by atoms with E-state index in [0.717, 1.165) is 0 Å². The summed E-state index contributed by atoms with van der Waals surface area (Å²) < 4.78 is 42.7. The van der Waals surface area contributed by atoms with Gasteiger partial charge in [0.15, 0.2) is 0 Å². The first-order valence-corrected chi connectivity index (χ1v) is 5.19. The van der Waals surface area contributed by atoms with Gasteiger partial charge in [0.05, 0.1) is 18.3 Å². The fraction of sp³-hybridized carbons (Fsp3) is 0.700. The molecule has 0 aromatic heterocycles. The number of aliphatic hydroxyl groups excluding tert-OH is 3. The van der Waals surface area contributed by atoms with Gasteiger partial charge in [0.2, 0.25) is 0 Å². The van der Waals surface area contributed by atoms with Crippen LogP contribution >= 0.6 is 0 Å². The number of carbonyl (C=O) groups is 1. The standard InChI is InChI=1S/C10H13F3O5/c1-2-18-9(17)4-3-5(14)7(15)8(16)6(4)10(11,12)13/h3,5-8,14-16H,2H2,1H3/t5-,6+,7-,8-/m1/s1. The van der Waals surface area contributed by atoms with Crippen LogP contribution in [0.3, 0.4) is 0 Å². The molecule has 3 N–H and O–H groups in total. The number of esters is 1. The number of ether oxygens (including phenoxy) is 1. The zero-order chi connectivity index (χ0) is 14.1. The molecule has 5 nitrogen and oxygen atoms in total. The highest BCUT2D eigenvalue weighted by Gasteiger charge is 2.54. The predicted molar refractivity (Wildman–Crippen MR) is 52.3 cm³/mol. The largest absolute Gasteiger partial charge is 0.463 e. The maximum Gasteiger partial charge on any atom is 0.398 e. The van der Waals surface area contributed by atoms with Crippen LogP contribution in [0.4, 0.5) is 13.2 Å². The van der Waals surface area contributed by atoms with Crippen molar-refractivity contribution in [3.8, 4) is 0 Å². The minimum absolute atomic E-state index is 0.143. The zero-order valence-electron chi connectivity index (χ0n) is 9.39. The third-order valence-electron chi connectivity index (χ3n) is 2.59. The Kier molecular flexibility index (Phi) is 4.36. The normalized spacial score (nSPS) is 32.9. The molecule has 0 bridgehead atoms. The summed E-state index contributed by atoms with van der Waals surface area (Å²) >= 11 is 0. The van der Waals surface area contributed by atoms with Gasteiger partial charge in [0, 0.05) is 0 Å². The quantitative estimate of drug-likeness (QED) is 0.602. The van der Waals surface area contributed by atoms with Crippen molar-refractivity contribution in [1.82, 2.24) is 0 Å². The molecule has 18 heavy (non-hydrogen) atoms. The maximum atomic E-state index is 12.7. The number of halogens is 3. The van der Waals surface area contributed by atoms with Crippen LogP contribution in [0, 0.1) is 5.92 Å². The van der Waals surface area contributed by atoms with Crippen molar-refractivity contribution in [2.75, 3.05) is 6.61 Å². The molecule has 1 aliphatic carbocycles. The second-order valence-electron chi connectivity index (χ2n) is 3.83. The SMILES string of the molecule is CCOC(=O)C1=C[C@@H](O)[C@@H](O)[C@H](O)[C@H]1C(F)(F)F. The van der Waals surface area contributed by atoms with Crippen molar-refractivity contribution in [2.24, 2.45) is 5.92 Å². The van der Waals surface area contributed by atoms with Crippen molar-refractivity contribution in [1.29, 1.82) is 0 Å². The molecule has 0 fully saturated rings. The molecule has 0 unspecified atom stereocenters. The van der Waals surface area contributed by atoms with Crippen molar-refractivity contribution in [3.05, 3.63) is 11.6 Å². The summed E-state index contributed by atoms with van der Waals surface area (Å²) in [5, 5.41) is 27.8. The summed E-state index contributed by atoms with van der Waals surface area (Å²) in [7, 11) is 0. The van der Waals surface area contributed by atoms with Crippen LogP contribution in [0.2, 0.25) is 0 Å². The van der Waals surface area contributed by atoms with Crippen molar-refractivity contribution >= 4 is 5.97 Å². The summed E-state index contributed by atoms with van der Waals surface area (Å²) in [5.74, 6) is -3.85. The lowest BCUT2D eigenvalue weighted by Crippen LogP contribution is -2.51. The Morgan fingerprint density at radius 3 is 2.33 bits per heavy atom. The molecule has 0 aromatic carbocycles. The van der Waals surface area contributed by atoms with Crippen LogP contribution in [-0.4, -0.2) is 52.4 Å². The molecule has 1 aliphatic rings. The summed E-state index contributed by atoms with van der Waals surface area (Å²) in [5.41, 5.74) is -0.894. The Hall–Kier alpha value is -1.12. The van der Waals surface area contributed by atoms with E-state index in [4.69, 9.17) is 0 Å². The molecule has 0 aromatic rings. The van der Waals surface area contributed by atoms with E-state index in [1.807, 2.05) is 0 Å².